The maximum absolute atomic E-state index is 13.0. The molecule has 2 heteroatoms. The number of carbonyl (C=O) groups excluding carboxylic acids is 1. The highest BCUT2D eigenvalue weighted by Gasteiger charge is 2.30. The third-order valence-corrected chi connectivity index (χ3v) is 4.64. The van der Waals surface area contributed by atoms with Gasteiger partial charge in [0.15, 0.2) is 5.78 Å². The van der Waals surface area contributed by atoms with Crippen molar-refractivity contribution >= 4 is 32.9 Å². The summed E-state index contributed by atoms with van der Waals surface area (Å²) in [6.45, 7) is 0. The van der Waals surface area contributed by atoms with Crippen LogP contribution >= 0.6 is 15.9 Å². The number of ketones is 1. The fourth-order valence-electron chi connectivity index (χ4n) is 3.08. The van der Waals surface area contributed by atoms with Gasteiger partial charge in [0.25, 0.3) is 0 Å². The zero-order valence-corrected chi connectivity index (χ0v) is 13.9. The first-order valence-corrected chi connectivity index (χ1v) is 8.25. The SMILES string of the molecule is O=C1C(c2ccc(Br)cc2)=C(c2ccccc2)c2ccccc21. The van der Waals surface area contributed by atoms with E-state index in [0.717, 1.165) is 37.9 Å². The highest BCUT2D eigenvalue weighted by Crippen LogP contribution is 2.42. The van der Waals surface area contributed by atoms with Gasteiger partial charge in [-0.05, 0) is 28.8 Å². The predicted molar refractivity (Wildman–Crippen MR) is 97.3 cm³/mol. The predicted octanol–water partition coefficient (Wildman–Crippen LogP) is 5.60. The number of halogens is 1. The molecule has 0 atom stereocenters. The molecule has 3 aromatic rings. The van der Waals surface area contributed by atoms with E-state index in [0.29, 0.717) is 0 Å². The smallest absolute Gasteiger partial charge is 0.194 e. The summed E-state index contributed by atoms with van der Waals surface area (Å²) in [5.41, 5.74) is 5.63. The second-order valence-electron chi connectivity index (χ2n) is 5.50. The molecule has 0 N–H and O–H groups in total. The van der Waals surface area contributed by atoms with Crippen molar-refractivity contribution in [1.29, 1.82) is 0 Å². The molecule has 0 aromatic heterocycles. The van der Waals surface area contributed by atoms with Crippen molar-refractivity contribution in [2.75, 3.05) is 0 Å². The Balaban J connectivity index is 2.02. The largest absolute Gasteiger partial charge is 0.289 e. The van der Waals surface area contributed by atoms with Crippen LogP contribution in [0.3, 0.4) is 0 Å². The van der Waals surface area contributed by atoms with Gasteiger partial charge in [-0.25, -0.2) is 0 Å². The van der Waals surface area contributed by atoms with Gasteiger partial charge in [0, 0.05) is 21.2 Å². The molecule has 23 heavy (non-hydrogen) atoms. The van der Waals surface area contributed by atoms with E-state index in [9.17, 15) is 4.79 Å². The number of rotatable bonds is 2. The van der Waals surface area contributed by atoms with Crippen LogP contribution < -0.4 is 0 Å². The van der Waals surface area contributed by atoms with Crippen LogP contribution in [0.5, 0.6) is 0 Å². The first-order chi connectivity index (χ1) is 11.3. The van der Waals surface area contributed by atoms with Gasteiger partial charge < -0.3 is 0 Å². The molecule has 1 nitrogen and oxygen atoms in total. The fraction of sp³-hybridized carbons (Fsp3) is 0. The van der Waals surface area contributed by atoms with Gasteiger partial charge in [0.05, 0.1) is 0 Å². The number of Topliss-reactive ketones (excluding diaryl/α,β-unsaturated/α-hetero) is 1. The van der Waals surface area contributed by atoms with Gasteiger partial charge >= 0.3 is 0 Å². The molecule has 1 aliphatic rings. The summed E-state index contributed by atoms with van der Waals surface area (Å²) in [6, 6.07) is 25.9. The summed E-state index contributed by atoms with van der Waals surface area (Å²) in [6.07, 6.45) is 0. The highest BCUT2D eigenvalue weighted by atomic mass is 79.9. The molecule has 4 rings (SSSR count). The molecular formula is C21H13BrO. The van der Waals surface area contributed by atoms with E-state index in [1.165, 1.54) is 0 Å². The van der Waals surface area contributed by atoms with E-state index < -0.39 is 0 Å². The maximum Gasteiger partial charge on any atom is 0.194 e. The van der Waals surface area contributed by atoms with Crippen LogP contribution in [0.15, 0.2) is 83.3 Å². The molecule has 0 amide bonds. The van der Waals surface area contributed by atoms with Gasteiger partial charge in [0.2, 0.25) is 0 Å². The number of hydrogen-bond acceptors (Lipinski definition) is 1. The summed E-state index contributed by atoms with van der Waals surface area (Å²) < 4.78 is 1.01. The van der Waals surface area contributed by atoms with Crippen molar-refractivity contribution in [3.63, 3.8) is 0 Å². The van der Waals surface area contributed by atoms with Gasteiger partial charge in [0.1, 0.15) is 0 Å². The summed E-state index contributed by atoms with van der Waals surface area (Å²) in [4.78, 5) is 13.0. The molecule has 0 saturated carbocycles. The minimum atomic E-state index is 0.0989. The van der Waals surface area contributed by atoms with E-state index >= 15 is 0 Å². The summed E-state index contributed by atoms with van der Waals surface area (Å²) in [5, 5.41) is 0. The first kappa shape index (κ1) is 14.2. The highest BCUT2D eigenvalue weighted by molar-refractivity contribution is 9.10. The lowest BCUT2D eigenvalue weighted by atomic mass is 9.94. The Morgan fingerprint density at radius 3 is 1.83 bits per heavy atom. The van der Waals surface area contributed by atoms with Crippen molar-refractivity contribution in [2.45, 2.75) is 0 Å². The van der Waals surface area contributed by atoms with Gasteiger partial charge in [-0.2, -0.15) is 0 Å². The zero-order valence-electron chi connectivity index (χ0n) is 12.3. The van der Waals surface area contributed by atoms with Crippen LogP contribution in [0.25, 0.3) is 11.1 Å². The third kappa shape index (κ3) is 2.36. The van der Waals surface area contributed by atoms with E-state index in [2.05, 4.69) is 28.1 Å². The molecule has 1 aliphatic carbocycles. The second-order valence-corrected chi connectivity index (χ2v) is 6.41. The summed E-state index contributed by atoms with van der Waals surface area (Å²) in [5.74, 6) is 0.0989. The number of allylic oxidation sites excluding steroid dienone is 1. The van der Waals surface area contributed by atoms with Crippen molar-refractivity contribution in [3.05, 3.63) is 106 Å². The molecule has 0 spiro atoms. The van der Waals surface area contributed by atoms with Crippen molar-refractivity contribution < 1.29 is 4.79 Å². The third-order valence-electron chi connectivity index (χ3n) is 4.11. The molecule has 0 bridgehead atoms. The topological polar surface area (TPSA) is 17.1 Å². The Bertz CT molecular complexity index is 922. The molecule has 3 aromatic carbocycles. The van der Waals surface area contributed by atoms with Gasteiger partial charge in [-0.3, -0.25) is 4.79 Å². The standard InChI is InChI=1S/C21H13BrO/c22-16-12-10-15(11-13-16)20-19(14-6-2-1-3-7-14)17-8-4-5-9-18(17)21(20)23/h1-13H. The quantitative estimate of drug-likeness (QED) is 0.580. The number of fused-ring (bicyclic) bond motifs is 1. The van der Waals surface area contributed by atoms with E-state index in [-0.39, 0.29) is 5.78 Å². The normalized spacial score (nSPS) is 13.3. The van der Waals surface area contributed by atoms with E-state index in [1.54, 1.807) is 0 Å². The molecule has 0 aliphatic heterocycles. The lowest BCUT2D eigenvalue weighted by Gasteiger charge is -2.08. The molecule has 0 unspecified atom stereocenters. The molecule has 0 heterocycles. The van der Waals surface area contributed by atoms with E-state index in [4.69, 9.17) is 0 Å². The second kappa shape index (κ2) is 5.64. The molecular weight excluding hydrogens is 348 g/mol. The van der Waals surface area contributed by atoms with Crippen LogP contribution in [-0.2, 0) is 0 Å². The average Bonchev–Trinajstić information content (AvgIpc) is 2.90. The van der Waals surface area contributed by atoms with Crippen LogP contribution in [0.2, 0.25) is 0 Å². The van der Waals surface area contributed by atoms with Crippen molar-refractivity contribution in [2.24, 2.45) is 0 Å². The Labute approximate surface area is 143 Å². The first-order valence-electron chi connectivity index (χ1n) is 7.45. The Kier molecular flexibility index (Phi) is 3.47. The lowest BCUT2D eigenvalue weighted by molar-refractivity contribution is 0.105. The summed E-state index contributed by atoms with van der Waals surface area (Å²) >= 11 is 3.46. The lowest BCUT2D eigenvalue weighted by Crippen LogP contribution is -1.98. The molecule has 110 valence electrons. The maximum atomic E-state index is 13.0. The fourth-order valence-corrected chi connectivity index (χ4v) is 3.34. The zero-order chi connectivity index (χ0) is 15.8. The van der Waals surface area contributed by atoms with E-state index in [1.807, 2.05) is 66.7 Å². The average molecular weight is 361 g/mol. The molecule has 0 fully saturated rings. The Morgan fingerprint density at radius 1 is 0.565 bits per heavy atom. The molecule has 0 saturated heterocycles. The summed E-state index contributed by atoms with van der Waals surface area (Å²) in [7, 11) is 0. The van der Waals surface area contributed by atoms with Crippen LogP contribution in [0.1, 0.15) is 27.0 Å². The minimum absolute atomic E-state index is 0.0989. The van der Waals surface area contributed by atoms with Crippen molar-refractivity contribution in [1.82, 2.24) is 0 Å². The van der Waals surface area contributed by atoms with Crippen LogP contribution in [0, 0.1) is 0 Å². The Morgan fingerprint density at radius 2 is 1.13 bits per heavy atom. The van der Waals surface area contributed by atoms with Crippen LogP contribution in [-0.4, -0.2) is 5.78 Å². The van der Waals surface area contributed by atoms with Gasteiger partial charge in [-0.15, -0.1) is 0 Å². The Hall–Kier alpha value is -2.45. The number of benzene rings is 3. The van der Waals surface area contributed by atoms with Crippen LogP contribution in [0.4, 0.5) is 0 Å². The number of carbonyl (C=O) groups is 1. The minimum Gasteiger partial charge on any atom is -0.289 e. The molecule has 0 radical (unpaired) electrons. The van der Waals surface area contributed by atoms with Crippen molar-refractivity contribution in [3.8, 4) is 0 Å². The number of hydrogen-bond donors (Lipinski definition) is 0. The monoisotopic (exact) mass is 360 g/mol. The van der Waals surface area contributed by atoms with Gasteiger partial charge in [-0.1, -0.05) is 82.7 Å².